The Kier molecular flexibility index (Phi) is 4.93. The van der Waals surface area contributed by atoms with Gasteiger partial charge in [0, 0.05) is 24.0 Å². The highest BCUT2D eigenvalue weighted by Crippen LogP contribution is 2.25. The molecular formula is C14H17BrFNO2. The summed E-state index contributed by atoms with van der Waals surface area (Å²) in [6.45, 7) is 2.69. The highest BCUT2D eigenvalue weighted by atomic mass is 79.9. The molecule has 3 nitrogen and oxygen atoms in total. The molecule has 0 aromatic heterocycles. The fourth-order valence-electron chi connectivity index (χ4n) is 2.51. The zero-order valence-electron chi connectivity index (χ0n) is 10.6. The molecule has 5 heteroatoms. The molecule has 1 heterocycles. The van der Waals surface area contributed by atoms with Gasteiger partial charge in [-0.25, -0.2) is 4.39 Å². The predicted molar refractivity (Wildman–Crippen MR) is 74.4 cm³/mol. The third-order valence-electron chi connectivity index (χ3n) is 3.55. The van der Waals surface area contributed by atoms with Crippen LogP contribution in [0.25, 0.3) is 0 Å². The molecule has 19 heavy (non-hydrogen) atoms. The van der Waals surface area contributed by atoms with Crippen LogP contribution in [0.1, 0.15) is 24.8 Å². The lowest BCUT2D eigenvalue weighted by Gasteiger charge is -2.17. The minimum atomic E-state index is -0.722. The molecule has 1 fully saturated rings. The van der Waals surface area contributed by atoms with Crippen LogP contribution in [0.4, 0.5) is 4.39 Å². The van der Waals surface area contributed by atoms with Crippen LogP contribution in [0.3, 0.4) is 0 Å². The number of likely N-dealkylation sites (tertiary alicyclic amines) is 1. The summed E-state index contributed by atoms with van der Waals surface area (Å²) in [5.41, 5.74) is 1.07. The molecule has 0 saturated carbocycles. The van der Waals surface area contributed by atoms with Crippen LogP contribution >= 0.6 is 15.9 Å². The number of hydrogen-bond donors (Lipinski definition) is 1. The molecule has 0 amide bonds. The standard InChI is InChI=1S/C14H17BrFNO2/c15-13-7-12(16)3-2-11(13)9-17-6-5-10(8-17)1-4-14(18)19/h2-3,7,10H,1,4-6,8-9H2,(H,18,19). The van der Waals surface area contributed by atoms with E-state index in [1.165, 1.54) is 12.1 Å². The van der Waals surface area contributed by atoms with Gasteiger partial charge in [0.05, 0.1) is 0 Å². The van der Waals surface area contributed by atoms with Crippen molar-refractivity contribution >= 4 is 21.9 Å². The zero-order valence-corrected chi connectivity index (χ0v) is 12.2. The highest BCUT2D eigenvalue weighted by molar-refractivity contribution is 9.10. The molecule has 1 N–H and O–H groups in total. The lowest BCUT2D eigenvalue weighted by atomic mass is 10.0. The maximum atomic E-state index is 13.0. The summed E-state index contributed by atoms with van der Waals surface area (Å²) in [7, 11) is 0. The Balaban J connectivity index is 1.86. The van der Waals surface area contributed by atoms with E-state index in [-0.39, 0.29) is 12.2 Å². The van der Waals surface area contributed by atoms with E-state index in [9.17, 15) is 9.18 Å². The summed E-state index contributed by atoms with van der Waals surface area (Å²) in [5.74, 6) is -0.494. The van der Waals surface area contributed by atoms with Gasteiger partial charge in [-0.15, -0.1) is 0 Å². The van der Waals surface area contributed by atoms with E-state index in [1.807, 2.05) is 0 Å². The predicted octanol–water partition coefficient (Wildman–Crippen LogP) is 3.27. The molecule has 1 aromatic carbocycles. The van der Waals surface area contributed by atoms with Gasteiger partial charge in [0.2, 0.25) is 0 Å². The molecule has 1 unspecified atom stereocenters. The maximum absolute atomic E-state index is 13.0. The molecule has 0 spiro atoms. The van der Waals surface area contributed by atoms with Crippen molar-refractivity contribution in [1.82, 2.24) is 4.90 Å². The number of carboxylic acids is 1. The fourth-order valence-corrected chi connectivity index (χ4v) is 2.99. The molecule has 2 rings (SSSR count). The third-order valence-corrected chi connectivity index (χ3v) is 4.28. The van der Waals surface area contributed by atoms with Crippen LogP contribution < -0.4 is 0 Å². The molecule has 104 valence electrons. The lowest BCUT2D eigenvalue weighted by molar-refractivity contribution is -0.137. The second kappa shape index (κ2) is 6.48. The van der Waals surface area contributed by atoms with Gasteiger partial charge in [0.25, 0.3) is 0 Å². The summed E-state index contributed by atoms with van der Waals surface area (Å²) in [4.78, 5) is 12.8. The quantitative estimate of drug-likeness (QED) is 0.901. The number of halogens is 2. The van der Waals surface area contributed by atoms with Gasteiger partial charge < -0.3 is 5.11 Å². The second-order valence-corrected chi connectivity index (χ2v) is 5.91. The van der Waals surface area contributed by atoms with Crippen LogP contribution in [-0.4, -0.2) is 29.1 Å². The number of rotatable bonds is 5. The Hall–Kier alpha value is -0.940. The fraction of sp³-hybridized carbons (Fsp3) is 0.500. The van der Waals surface area contributed by atoms with Crippen molar-refractivity contribution in [2.75, 3.05) is 13.1 Å². The minimum absolute atomic E-state index is 0.239. The van der Waals surface area contributed by atoms with Gasteiger partial charge in [-0.05, 0) is 43.0 Å². The molecule has 1 saturated heterocycles. The Bertz CT molecular complexity index is 467. The SMILES string of the molecule is O=C(O)CCC1CCN(Cc2ccc(F)cc2Br)C1. The number of nitrogens with zero attached hydrogens (tertiary/aromatic N) is 1. The Morgan fingerprint density at radius 2 is 2.32 bits per heavy atom. The molecule has 0 radical (unpaired) electrons. The normalized spacial score (nSPS) is 19.8. The van der Waals surface area contributed by atoms with Crippen molar-refractivity contribution in [3.8, 4) is 0 Å². The Labute approximate surface area is 120 Å². The smallest absolute Gasteiger partial charge is 0.303 e. The molecule has 1 aromatic rings. The molecule has 1 aliphatic rings. The van der Waals surface area contributed by atoms with E-state index in [4.69, 9.17) is 5.11 Å². The van der Waals surface area contributed by atoms with Crippen LogP contribution in [0.2, 0.25) is 0 Å². The van der Waals surface area contributed by atoms with E-state index < -0.39 is 5.97 Å². The monoisotopic (exact) mass is 329 g/mol. The first-order valence-electron chi connectivity index (χ1n) is 6.42. The van der Waals surface area contributed by atoms with Gasteiger partial charge in [0.1, 0.15) is 5.82 Å². The summed E-state index contributed by atoms with van der Waals surface area (Å²) >= 11 is 3.37. The van der Waals surface area contributed by atoms with E-state index >= 15 is 0 Å². The molecule has 0 aliphatic carbocycles. The molecule has 1 atom stereocenters. The second-order valence-electron chi connectivity index (χ2n) is 5.06. The maximum Gasteiger partial charge on any atom is 0.303 e. The average molecular weight is 330 g/mol. The van der Waals surface area contributed by atoms with Crippen molar-refractivity contribution in [1.29, 1.82) is 0 Å². The van der Waals surface area contributed by atoms with Crippen LogP contribution in [0.15, 0.2) is 22.7 Å². The van der Waals surface area contributed by atoms with Gasteiger partial charge >= 0.3 is 5.97 Å². The first kappa shape index (κ1) is 14.5. The van der Waals surface area contributed by atoms with Crippen molar-refractivity contribution < 1.29 is 14.3 Å². The summed E-state index contributed by atoms with van der Waals surface area (Å²) < 4.78 is 13.8. The van der Waals surface area contributed by atoms with E-state index in [2.05, 4.69) is 20.8 Å². The van der Waals surface area contributed by atoms with Gasteiger partial charge in [0.15, 0.2) is 0 Å². The first-order valence-corrected chi connectivity index (χ1v) is 7.22. The van der Waals surface area contributed by atoms with E-state index in [0.29, 0.717) is 5.92 Å². The largest absolute Gasteiger partial charge is 0.481 e. The van der Waals surface area contributed by atoms with Crippen molar-refractivity contribution in [2.45, 2.75) is 25.8 Å². The highest BCUT2D eigenvalue weighted by Gasteiger charge is 2.23. The van der Waals surface area contributed by atoms with Gasteiger partial charge in [-0.2, -0.15) is 0 Å². The Morgan fingerprint density at radius 3 is 3.00 bits per heavy atom. The van der Waals surface area contributed by atoms with Crippen molar-refractivity contribution in [3.63, 3.8) is 0 Å². The number of aliphatic carboxylic acids is 1. The number of carbonyl (C=O) groups is 1. The first-order chi connectivity index (χ1) is 9.04. The third kappa shape index (κ3) is 4.28. The molecular weight excluding hydrogens is 313 g/mol. The van der Waals surface area contributed by atoms with Crippen LogP contribution in [-0.2, 0) is 11.3 Å². The van der Waals surface area contributed by atoms with Crippen molar-refractivity contribution in [2.24, 2.45) is 5.92 Å². The van der Waals surface area contributed by atoms with Gasteiger partial charge in [-0.1, -0.05) is 22.0 Å². The summed E-state index contributed by atoms with van der Waals surface area (Å²) in [5, 5.41) is 8.68. The van der Waals surface area contributed by atoms with Crippen molar-refractivity contribution in [3.05, 3.63) is 34.1 Å². The Morgan fingerprint density at radius 1 is 1.53 bits per heavy atom. The number of benzene rings is 1. The topological polar surface area (TPSA) is 40.5 Å². The summed E-state index contributed by atoms with van der Waals surface area (Å²) in [6.07, 6.45) is 2.04. The lowest BCUT2D eigenvalue weighted by Crippen LogP contribution is -2.20. The average Bonchev–Trinajstić information content (AvgIpc) is 2.78. The van der Waals surface area contributed by atoms with E-state index in [1.54, 1.807) is 6.07 Å². The van der Waals surface area contributed by atoms with Crippen LogP contribution in [0.5, 0.6) is 0 Å². The van der Waals surface area contributed by atoms with Crippen LogP contribution in [0, 0.1) is 11.7 Å². The summed E-state index contributed by atoms with van der Waals surface area (Å²) in [6, 6.07) is 4.75. The van der Waals surface area contributed by atoms with Gasteiger partial charge in [-0.3, -0.25) is 9.69 Å². The minimum Gasteiger partial charge on any atom is -0.481 e. The molecule has 0 bridgehead atoms. The molecule has 1 aliphatic heterocycles. The zero-order chi connectivity index (χ0) is 13.8. The van der Waals surface area contributed by atoms with E-state index in [0.717, 1.165) is 42.5 Å². The number of carboxylic acid groups (broad SMARTS) is 1. The number of hydrogen-bond acceptors (Lipinski definition) is 2.